The normalized spacial score (nSPS) is 14.2. The molecule has 0 heterocycles. The molecule has 108 valence electrons. The maximum Gasteiger partial charge on any atom is 0.121 e. The molecule has 0 radical (unpaired) electrons. The van der Waals surface area contributed by atoms with Gasteiger partial charge in [0.2, 0.25) is 0 Å². The molecule has 1 rings (SSSR count). The Balaban J connectivity index is 2.73. The number of ether oxygens (including phenoxy) is 1. The van der Waals surface area contributed by atoms with Crippen LogP contribution in [0.25, 0.3) is 0 Å². The molecule has 1 aromatic rings. The molecular weight excluding hydrogens is 242 g/mol. The fourth-order valence-corrected chi connectivity index (χ4v) is 2.16. The minimum absolute atomic E-state index is 0.000607. The molecule has 0 aliphatic heterocycles. The zero-order valence-electron chi connectivity index (χ0n) is 12.0. The topological polar surface area (TPSA) is 61.7 Å². The van der Waals surface area contributed by atoms with Crippen molar-refractivity contribution in [2.75, 3.05) is 20.3 Å². The molecule has 0 bridgehead atoms. The predicted octanol–water partition coefficient (Wildman–Crippen LogP) is 1.79. The highest BCUT2D eigenvalue weighted by molar-refractivity contribution is 5.37. The number of hydrogen-bond donors (Lipinski definition) is 3. The molecule has 0 aromatic heterocycles. The van der Waals surface area contributed by atoms with Crippen LogP contribution in [0, 0.1) is 6.92 Å². The summed E-state index contributed by atoms with van der Waals surface area (Å²) in [4.78, 5) is 0. The van der Waals surface area contributed by atoms with Gasteiger partial charge in [0.15, 0.2) is 0 Å². The van der Waals surface area contributed by atoms with E-state index in [1.165, 1.54) is 0 Å². The standard InChI is InChI=1S/C15H25NO3/c1-4-13(16-8-5-9-17)15(18)12-6-7-14(19-3)11(2)10-12/h6-7,10,13,15-18H,4-5,8-9H2,1-3H3. The lowest BCUT2D eigenvalue weighted by Crippen LogP contribution is -2.35. The Morgan fingerprint density at radius 1 is 1.37 bits per heavy atom. The summed E-state index contributed by atoms with van der Waals surface area (Å²) >= 11 is 0. The van der Waals surface area contributed by atoms with E-state index in [1.54, 1.807) is 7.11 Å². The van der Waals surface area contributed by atoms with Crippen molar-refractivity contribution in [3.05, 3.63) is 29.3 Å². The lowest BCUT2D eigenvalue weighted by molar-refractivity contribution is 0.124. The Labute approximate surface area is 115 Å². The number of benzene rings is 1. The molecule has 0 saturated carbocycles. The lowest BCUT2D eigenvalue weighted by atomic mass is 9.98. The van der Waals surface area contributed by atoms with E-state index < -0.39 is 6.10 Å². The number of nitrogens with one attached hydrogen (secondary N) is 1. The summed E-state index contributed by atoms with van der Waals surface area (Å²) in [5.41, 5.74) is 1.91. The van der Waals surface area contributed by atoms with Crippen LogP contribution >= 0.6 is 0 Å². The molecule has 4 nitrogen and oxygen atoms in total. The lowest BCUT2D eigenvalue weighted by Gasteiger charge is -2.24. The highest BCUT2D eigenvalue weighted by Crippen LogP contribution is 2.25. The van der Waals surface area contributed by atoms with Crippen molar-refractivity contribution in [1.29, 1.82) is 0 Å². The van der Waals surface area contributed by atoms with Gasteiger partial charge in [0.25, 0.3) is 0 Å². The van der Waals surface area contributed by atoms with Gasteiger partial charge in [-0.15, -0.1) is 0 Å². The van der Waals surface area contributed by atoms with Gasteiger partial charge in [-0.05, 0) is 49.6 Å². The summed E-state index contributed by atoms with van der Waals surface area (Å²) < 4.78 is 5.22. The van der Waals surface area contributed by atoms with Gasteiger partial charge in [0, 0.05) is 12.6 Å². The number of aliphatic hydroxyl groups excluding tert-OH is 2. The fourth-order valence-electron chi connectivity index (χ4n) is 2.16. The summed E-state index contributed by atoms with van der Waals surface area (Å²) in [6, 6.07) is 5.74. The van der Waals surface area contributed by atoms with E-state index in [0.29, 0.717) is 13.0 Å². The van der Waals surface area contributed by atoms with Crippen LogP contribution in [-0.2, 0) is 0 Å². The average molecular weight is 267 g/mol. The Hall–Kier alpha value is -1.10. The van der Waals surface area contributed by atoms with Crippen molar-refractivity contribution in [1.82, 2.24) is 5.32 Å². The van der Waals surface area contributed by atoms with Crippen LogP contribution in [-0.4, -0.2) is 36.5 Å². The molecule has 3 N–H and O–H groups in total. The first-order valence-corrected chi connectivity index (χ1v) is 6.80. The Bertz CT molecular complexity index is 382. The van der Waals surface area contributed by atoms with Gasteiger partial charge in [-0.25, -0.2) is 0 Å². The predicted molar refractivity (Wildman–Crippen MR) is 76.5 cm³/mol. The minimum atomic E-state index is -0.548. The van der Waals surface area contributed by atoms with Gasteiger partial charge in [0.05, 0.1) is 13.2 Å². The van der Waals surface area contributed by atoms with Gasteiger partial charge < -0.3 is 20.3 Å². The van der Waals surface area contributed by atoms with Crippen LogP contribution in [0.15, 0.2) is 18.2 Å². The van der Waals surface area contributed by atoms with Crippen molar-refractivity contribution < 1.29 is 14.9 Å². The number of aliphatic hydroxyl groups is 2. The summed E-state index contributed by atoms with van der Waals surface area (Å²) in [6.45, 7) is 4.88. The number of methoxy groups -OCH3 is 1. The number of aryl methyl sites for hydroxylation is 1. The van der Waals surface area contributed by atoms with E-state index in [9.17, 15) is 5.11 Å². The Morgan fingerprint density at radius 2 is 2.11 bits per heavy atom. The van der Waals surface area contributed by atoms with Gasteiger partial charge in [-0.3, -0.25) is 0 Å². The average Bonchev–Trinajstić information content (AvgIpc) is 2.43. The molecule has 2 atom stereocenters. The third-order valence-corrected chi connectivity index (χ3v) is 3.32. The molecule has 0 fully saturated rings. The fraction of sp³-hybridized carbons (Fsp3) is 0.600. The van der Waals surface area contributed by atoms with Gasteiger partial charge in [-0.1, -0.05) is 13.0 Å². The van der Waals surface area contributed by atoms with Gasteiger partial charge >= 0.3 is 0 Å². The van der Waals surface area contributed by atoms with E-state index in [2.05, 4.69) is 5.32 Å². The second kappa shape index (κ2) is 8.15. The zero-order chi connectivity index (χ0) is 14.3. The maximum atomic E-state index is 10.4. The van der Waals surface area contributed by atoms with Crippen LogP contribution in [0.3, 0.4) is 0 Å². The number of rotatable bonds is 8. The zero-order valence-corrected chi connectivity index (χ0v) is 12.0. The van der Waals surface area contributed by atoms with Crippen LogP contribution in [0.2, 0.25) is 0 Å². The number of hydrogen-bond acceptors (Lipinski definition) is 4. The summed E-state index contributed by atoms with van der Waals surface area (Å²) in [5.74, 6) is 0.831. The molecule has 0 aliphatic rings. The molecule has 0 saturated heterocycles. The van der Waals surface area contributed by atoms with Crippen molar-refractivity contribution >= 4 is 0 Å². The second-order valence-corrected chi connectivity index (χ2v) is 4.72. The van der Waals surface area contributed by atoms with E-state index >= 15 is 0 Å². The first-order chi connectivity index (χ1) is 9.13. The van der Waals surface area contributed by atoms with E-state index in [0.717, 1.165) is 23.3 Å². The van der Waals surface area contributed by atoms with Crippen molar-refractivity contribution in [3.63, 3.8) is 0 Å². The first kappa shape index (κ1) is 16.0. The molecule has 19 heavy (non-hydrogen) atoms. The highest BCUT2D eigenvalue weighted by Gasteiger charge is 2.19. The van der Waals surface area contributed by atoms with Crippen LogP contribution in [0.1, 0.15) is 37.0 Å². The third kappa shape index (κ3) is 4.49. The van der Waals surface area contributed by atoms with Crippen LogP contribution in [0.5, 0.6) is 5.75 Å². The quantitative estimate of drug-likeness (QED) is 0.628. The van der Waals surface area contributed by atoms with Crippen LogP contribution in [0.4, 0.5) is 0 Å². The Morgan fingerprint density at radius 3 is 2.63 bits per heavy atom. The van der Waals surface area contributed by atoms with E-state index in [-0.39, 0.29) is 12.6 Å². The molecule has 2 unspecified atom stereocenters. The molecule has 0 amide bonds. The third-order valence-electron chi connectivity index (χ3n) is 3.32. The monoisotopic (exact) mass is 267 g/mol. The molecule has 0 spiro atoms. The summed E-state index contributed by atoms with van der Waals surface area (Å²) in [7, 11) is 1.64. The van der Waals surface area contributed by atoms with Gasteiger partial charge in [0.1, 0.15) is 5.75 Å². The summed E-state index contributed by atoms with van der Waals surface area (Å²) in [6.07, 6.45) is 0.982. The van der Waals surface area contributed by atoms with E-state index in [1.807, 2.05) is 32.0 Å². The molecule has 1 aromatic carbocycles. The van der Waals surface area contributed by atoms with E-state index in [4.69, 9.17) is 9.84 Å². The van der Waals surface area contributed by atoms with Crippen molar-refractivity contribution in [3.8, 4) is 5.75 Å². The molecule has 0 aliphatic carbocycles. The van der Waals surface area contributed by atoms with Crippen LogP contribution < -0.4 is 10.1 Å². The SMILES string of the molecule is CCC(NCCCO)C(O)c1ccc(OC)c(C)c1. The smallest absolute Gasteiger partial charge is 0.121 e. The molecular formula is C15H25NO3. The summed E-state index contributed by atoms with van der Waals surface area (Å²) in [5, 5.41) is 22.5. The Kier molecular flexibility index (Phi) is 6.84. The van der Waals surface area contributed by atoms with Gasteiger partial charge in [-0.2, -0.15) is 0 Å². The van der Waals surface area contributed by atoms with Crippen molar-refractivity contribution in [2.45, 2.75) is 38.8 Å². The largest absolute Gasteiger partial charge is 0.496 e. The minimum Gasteiger partial charge on any atom is -0.496 e. The van der Waals surface area contributed by atoms with Crippen molar-refractivity contribution in [2.24, 2.45) is 0 Å². The first-order valence-electron chi connectivity index (χ1n) is 6.80. The second-order valence-electron chi connectivity index (χ2n) is 4.72. The highest BCUT2D eigenvalue weighted by atomic mass is 16.5. The molecule has 4 heteroatoms. The maximum absolute atomic E-state index is 10.4.